The van der Waals surface area contributed by atoms with E-state index in [9.17, 15) is 5.11 Å². The number of aliphatic hydroxyl groups is 1. The highest BCUT2D eigenvalue weighted by molar-refractivity contribution is 6.32. The van der Waals surface area contributed by atoms with Gasteiger partial charge in [0.2, 0.25) is 5.28 Å². The number of nitrogens with zero attached hydrogens (tertiary/aromatic N) is 3. The molecule has 0 aliphatic carbocycles. The van der Waals surface area contributed by atoms with Gasteiger partial charge in [0.05, 0.1) is 6.10 Å². The fraction of sp³-hybridized carbons (Fsp3) is 0.556. The van der Waals surface area contributed by atoms with Crippen LogP contribution in [0.1, 0.15) is 12.0 Å². The summed E-state index contributed by atoms with van der Waals surface area (Å²) in [4.78, 5) is 9.86. The second-order valence-corrected chi connectivity index (χ2v) is 4.33. The van der Waals surface area contributed by atoms with Crippen molar-refractivity contribution in [1.82, 2.24) is 14.9 Å². The number of likely N-dealkylation sites (tertiary alicyclic amines) is 1. The number of halogens is 2. The van der Waals surface area contributed by atoms with Crippen molar-refractivity contribution in [2.75, 3.05) is 13.1 Å². The van der Waals surface area contributed by atoms with Gasteiger partial charge in [-0.25, -0.2) is 9.97 Å². The van der Waals surface area contributed by atoms with Gasteiger partial charge in [0.1, 0.15) is 5.15 Å². The molecule has 0 bridgehead atoms. The Labute approximate surface area is 97.9 Å². The van der Waals surface area contributed by atoms with Crippen molar-refractivity contribution < 1.29 is 5.11 Å². The minimum Gasteiger partial charge on any atom is -0.392 e. The Balaban J connectivity index is 2.04. The fourth-order valence-electron chi connectivity index (χ4n) is 1.67. The quantitative estimate of drug-likeness (QED) is 0.634. The zero-order valence-corrected chi connectivity index (χ0v) is 9.54. The van der Waals surface area contributed by atoms with E-state index < -0.39 is 0 Å². The minimum absolute atomic E-state index is 0.158. The van der Waals surface area contributed by atoms with E-state index in [0.717, 1.165) is 18.5 Å². The van der Waals surface area contributed by atoms with E-state index in [-0.39, 0.29) is 11.4 Å². The van der Waals surface area contributed by atoms with Gasteiger partial charge in [0.15, 0.2) is 0 Å². The summed E-state index contributed by atoms with van der Waals surface area (Å²) >= 11 is 11.5. The molecule has 0 saturated carbocycles. The molecule has 0 amide bonds. The van der Waals surface area contributed by atoms with E-state index in [1.54, 1.807) is 6.20 Å². The lowest BCUT2D eigenvalue weighted by atomic mass is 10.3. The molecule has 2 rings (SSSR count). The van der Waals surface area contributed by atoms with Crippen LogP contribution < -0.4 is 0 Å². The molecule has 1 atom stereocenters. The van der Waals surface area contributed by atoms with Gasteiger partial charge >= 0.3 is 0 Å². The molecule has 0 spiro atoms. The molecule has 1 aliphatic heterocycles. The monoisotopic (exact) mass is 247 g/mol. The topological polar surface area (TPSA) is 49.2 Å². The van der Waals surface area contributed by atoms with Crippen molar-refractivity contribution in [3.8, 4) is 0 Å². The van der Waals surface area contributed by atoms with Crippen molar-refractivity contribution in [2.45, 2.75) is 19.1 Å². The first-order chi connectivity index (χ1) is 7.15. The van der Waals surface area contributed by atoms with Crippen LogP contribution in [-0.4, -0.2) is 39.2 Å². The van der Waals surface area contributed by atoms with Crippen LogP contribution >= 0.6 is 23.2 Å². The summed E-state index contributed by atoms with van der Waals surface area (Å²) in [7, 11) is 0. The molecular formula is C9H11Cl2N3O. The standard InChI is InChI=1S/C9H11Cl2N3O/c10-8-6(3-12-9(11)13-8)4-14-2-1-7(15)5-14/h3,7,15H,1-2,4-5H2/t7-/m1/s1. The second-order valence-electron chi connectivity index (χ2n) is 3.63. The average molecular weight is 248 g/mol. The molecule has 0 unspecified atom stereocenters. The van der Waals surface area contributed by atoms with E-state index in [2.05, 4.69) is 14.9 Å². The Bertz CT molecular complexity index is 361. The lowest BCUT2D eigenvalue weighted by molar-refractivity contribution is 0.174. The summed E-state index contributed by atoms with van der Waals surface area (Å²) in [6.07, 6.45) is 2.21. The van der Waals surface area contributed by atoms with Crippen LogP contribution in [0.3, 0.4) is 0 Å². The van der Waals surface area contributed by atoms with Crippen molar-refractivity contribution in [3.05, 3.63) is 22.2 Å². The van der Waals surface area contributed by atoms with Crippen LogP contribution in [-0.2, 0) is 6.54 Å². The number of rotatable bonds is 2. The van der Waals surface area contributed by atoms with Gasteiger partial charge in [0.25, 0.3) is 0 Å². The maximum absolute atomic E-state index is 9.36. The summed E-state index contributed by atoms with van der Waals surface area (Å²) in [6, 6.07) is 0. The Kier molecular flexibility index (Phi) is 3.41. The summed E-state index contributed by atoms with van der Waals surface area (Å²) < 4.78 is 0. The molecule has 2 heterocycles. The summed E-state index contributed by atoms with van der Waals surface area (Å²) in [5.74, 6) is 0. The third kappa shape index (κ3) is 2.78. The van der Waals surface area contributed by atoms with Gasteiger partial charge in [-0.15, -0.1) is 0 Å². The zero-order chi connectivity index (χ0) is 10.8. The third-order valence-electron chi connectivity index (χ3n) is 2.42. The van der Waals surface area contributed by atoms with Crippen molar-refractivity contribution >= 4 is 23.2 Å². The van der Waals surface area contributed by atoms with Gasteiger partial charge < -0.3 is 5.11 Å². The predicted molar refractivity (Wildman–Crippen MR) is 58.0 cm³/mol. The van der Waals surface area contributed by atoms with E-state index in [1.165, 1.54) is 0 Å². The number of aromatic nitrogens is 2. The first kappa shape index (κ1) is 11.1. The van der Waals surface area contributed by atoms with Gasteiger partial charge in [-0.2, -0.15) is 0 Å². The van der Waals surface area contributed by atoms with Crippen molar-refractivity contribution in [2.24, 2.45) is 0 Å². The van der Waals surface area contributed by atoms with Crippen LogP contribution in [0.25, 0.3) is 0 Å². The molecular weight excluding hydrogens is 237 g/mol. The van der Waals surface area contributed by atoms with Crippen molar-refractivity contribution in [1.29, 1.82) is 0 Å². The molecule has 0 radical (unpaired) electrons. The highest BCUT2D eigenvalue weighted by atomic mass is 35.5. The molecule has 1 aromatic rings. The van der Waals surface area contributed by atoms with Crippen LogP contribution in [0, 0.1) is 0 Å². The average Bonchev–Trinajstić information content (AvgIpc) is 2.56. The molecule has 4 nitrogen and oxygen atoms in total. The number of β-amino-alcohol motifs (C(OH)–C–C–N with tert-alkyl or cyclic N) is 1. The number of hydrogen-bond donors (Lipinski definition) is 1. The van der Waals surface area contributed by atoms with E-state index >= 15 is 0 Å². The van der Waals surface area contributed by atoms with Crippen LogP contribution in [0.15, 0.2) is 6.20 Å². The van der Waals surface area contributed by atoms with Gasteiger partial charge in [0, 0.05) is 31.4 Å². The second kappa shape index (κ2) is 4.61. The van der Waals surface area contributed by atoms with Crippen molar-refractivity contribution in [3.63, 3.8) is 0 Å². The number of aliphatic hydroxyl groups excluding tert-OH is 1. The summed E-state index contributed by atoms with van der Waals surface area (Å²) in [5.41, 5.74) is 0.843. The largest absolute Gasteiger partial charge is 0.392 e. The molecule has 1 saturated heterocycles. The molecule has 1 fully saturated rings. The predicted octanol–water partition coefficient (Wildman–Crippen LogP) is 1.35. The lowest BCUT2D eigenvalue weighted by Gasteiger charge is -2.14. The summed E-state index contributed by atoms with van der Waals surface area (Å²) in [6.45, 7) is 2.21. The molecule has 6 heteroatoms. The molecule has 15 heavy (non-hydrogen) atoms. The smallest absolute Gasteiger partial charge is 0.223 e. The van der Waals surface area contributed by atoms with E-state index in [0.29, 0.717) is 18.2 Å². The van der Waals surface area contributed by atoms with Crippen LogP contribution in [0.2, 0.25) is 10.4 Å². The van der Waals surface area contributed by atoms with Crippen LogP contribution in [0.5, 0.6) is 0 Å². The maximum atomic E-state index is 9.36. The van der Waals surface area contributed by atoms with Crippen LogP contribution in [0.4, 0.5) is 0 Å². The van der Waals surface area contributed by atoms with Gasteiger partial charge in [-0.3, -0.25) is 4.90 Å². The first-order valence-electron chi connectivity index (χ1n) is 4.72. The van der Waals surface area contributed by atoms with E-state index in [4.69, 9.17) is 23.2 Å². The SMILES string of the molecule is O[C@@H]1CCN(Cc2cnc(Cl)nc2Cl)C1. The lowest BCUT2D eigenvalue weighted by Crippen LogP contribution is -2.21. The molecule has 82 valence electrons. The first-order valence-corrected chi connectivity index (χ1v) is 5.48. The zero-order valence-electron chi connectivity index (χ0n) is 8.03. The number of hydrogen-bond acceptors (Lipinski definition) is 4. The highest BCUT2D eigenvalue weighted by Gasteiger charge is 2.21. The summed E-state index contributed by atoms with van der Waals surface area (Å²) in [5, 5.41) is 9.91. The normalized spacial score (nSPS) is 22.2. The molecule has 1 N–H and O–H groups in total. The Morgan fingerprint density at radius 3 is 2.93 bits per heavy atom. The fourth-order valence-corrected chi connectivity index (χ4v) is 2.03. The maximum Gasteiger partial charge on any atom is 0.223 e. The van der Waals surface area contributed by atoms with Gasteiger partial charge in [-0.1, -0.05) is 11.6 Å². The Morgan fingerprint density at radius 2 is 2.33 bits per heavy atom. The Hall–Kier alpha value is -0.420. The third-order valence-corrected chi connectivity index (χ3v) is 2.93. The highest BCUT2D eigenvalue weighted by Crippen LogP contribution is 2.18. The van der Waals surface area contributed by atoms with Gasteiger partial charge in [-0.05, 0) is 18.0 Å². The Morgan fingerprint density at radius 1 is 1.53 bits per heavy atom. The van der Waals surface area contributed by atoms with E-state index in [1.807, 2.05) is 0 Å². The minimum atomic E-state index is -0.225. The molecule has 1 aliphatic rings. The molecule has 1 aromatic heterocycles. The molecule has 0 aromatic carbocycles.